The smallest absolute Gasteiger partial charge is 0.285 e. The minimum absolute atomic E-state index is 0.390. The Morgan fingerprint density at radius 1 is 0.963 bits per heavy atom. The van der Waals surface area contributed by atoms with Crippen molar-refractivity contribution in [2.24, 2.45) is 5.10 Å². The van der Waals surface area contributed by atoms with Crippen LogP contribution in [0, 0.1) is 0 Å². The summed E-state index contributed by atoms with van der Waals surface area (Å²) in [6, 6.07) is 20.4. The lowest BCUT2D eigenvalue weighted by atomic mass is 10.0. The summed E-state index contributed by atoms with van der Waals surface area (Å²) in [7, 11) is 0. The summed E-state index contributed by atoms with van der Waals surface area (Å²) in [4.78, 5) is 16.7. The molecule has 2 heterocycles. The Morgan fingerprint density at radius 3 is 2.44 bits per heavy atom. The van der Waals surface area contributed by atoms with E-state index in [0.717, 1.165) is 11.1 Å². The molecule has 1 aliphatic heterocycles. The number of benzene rings is 2. The molecular weight excluding hydrogens is 342 g/mol. The number of nitrogens with one attached hydrogen (secondary N) is 1. The van der Waals surface area contributed by atoms with Gasteiger partial charge in [-0.3, -0.25) is 9.78 Å². The summed E-state index contributed by atoms with van der Waals surface area (Å²) in [5.41, 5.74) is 4.16. The zero-order chi connectivity index (χ0) is 18.5. The minimum atomic E-state index is -0.867. The molecule has 0 unspecified atom stereocenters. The molecule has 0 saturated carbocycles. The lowest BCUT2D eigenvalue weighted by molar-refractivity contribution is -0.134. The van der Waals surface area contributed by atoms with Crippen molar-refractivity contribution in [1.29, 1.82) is 0 Å². The molecule has 1 aliphatic rings. The SMILES string of the molecule is O=C(N/N=C\c1cccnc1)[C@H]1Oc2ccccc2O[C@H]1c1ccccc1. The van der Waals surface area contributed by atoms with Gasteiger partial charge in [-0.25, -0.2) is 5.43 Å². The van der Waals surface area contributed by atoms with Crippen molar-refractivity contribution in [3.05, 3.63) is 90.3 Å². The Kier molecular flexibility index (Phi) is 4.78. The van der Waals surface area contributed by atoms with Gasteiger partial charge in [-0.05, 0) is 23.8 Å². The molecular formula is C21H17N3O3. The van der Waals surface area contributed by atoms with Crippen molar-refractivity contribution in [3.63, 3.8) is 0 Å². The number of nitrogens with zero attached hydrogens (tertiary/aromatic N) is 2. The fourth-order valence-electron chi connectivity index (χ4n) is 2.81. The van der Waals surface area contributed by atoms with Gasteiger partial charge in [-0.15, -0.1) is 0 Å². The number of rotatable bonds is 4. The maximum absolute atomic E-state index is 12.7. The molecule has 0 saturated heterocycles. The largest absolute Gasteiger partial charge is 0.477 e. The van der Waals surface area contributed by atoms with E-state index in [9.17, 15) is 4.79 Å². The third-order valence-corrected chi connectivity index (χ3v) is 4.09. The first-order valence-electron chi connectivity index (χ1n) is 8.51. The molecule has 0 spiro atoms. The quantitative estimate of drug-likeness (QED) is 0.574. The molecule has 0 radical (unpaired) electrons. The van der Waals surface area contributed by atoms with Crippen molar-refractivity contribution < 1.29 is 14.3 Å². The van der Waals surface area contributed by atoms with Gasteiger partial charge in [0.2, 0.25) is 6.10 Å². The van der Waals surface area contributed by atoms with Crippen LogP contribution >= 0.6 is 0 Å². The molecule has 0 fully saturated rings. The van der Waals surface area contributed by atoms with Crippen LogP contribution in [0.25, 0.3) is 0 Å². The van der Waals surface area contributed by atoms with E-state index in [4.69, 9.17) is 9.47 Å². The summed E-state index contributed by atoms with van der Waals surface area (Å²) in [5, 5.41) is 4.00. The van der Waals surface area contributed by atoms with Crippen molar-refractivity contribution in [2.45, 2.75) is 12.2 Å². The third kappa shape index (κ3) is 3.79. The molecule has 1 aromatic heterocycles. The number of hydrogen-bond acceptors (Lipinski definition) is 5. The molecule has 134 valence electrons. The predicted molar refractivity (Wildman–Crippen MR) is 101 cm³/mol. The number of ether oxygens (including phenoxy) is 2. The number of carbonyl (C=O) groups is 1. The molecule has 2 aromatic carbocycles. The highest BCUT2D eigenvalue weighted by Crippen LogP contribution is 2.39. The first-order valence-corrected chi connectivity index (χ1v) is 8.51. The Balaban J connectivity index is 1.56. The number of aromatic nitrogens is 1. The van der Waals surface area contributed by atoms with E-state index in [2.05, 4.69) is 15.5 Å². The van der Waals surface area contributed by atoms with Crippen LogP contribution < -0.4 is 14.9 Å². The number of fused-ring (bicyclic) bond motifs is 1. The van der Waals surface area contributed by atoms with Crippen molar-refractivity contribution >= 4 is 12.1 Å². The van der Waals surface area contributed by atoms with Crippen LogP contribution in [0.2, 0.25) is 0 Å². The molecule has 1 amide bonds. The van der Waals surface area contributed by atoms with Gasteiger partial charge in [0, 0.05) is 18.0 Å². The molecule has 1 N–H and O–H groups in total. The van der Waals surface area contributed by atoms with E-state index in [1.807, 2.05) is 54.6 Å². The Bertz CT molecular complexity index is 945. The summed E-state index contributed by atoms with van der Waals surface area (Å²) < 4.78 is 12.0. The Hall–Kier alpha value is -3.67. The molecule has 0 bridgehead atoms. The summed E-state index contributed by atoms with van der Waals surface area (Å²) in [5.74, 6) is 0.744. The van der Waals surface area contributed by atoms with Gasteiger partial charge in [0.15, 0.2) is 17.6 Å². The first-order chi connectivity index (χ1) is 13.3. The van der Waals surface area contributed by atoms with Gasteiger partial charge in [-0.1, -0.05) is 48.5 Å². The van der Waals surface area contributed by atoms with Crippen LogP contribution in [0.15, 0.2) is 84.2 Å². The maximum atomic E-state index is 12.7. The van der Waals surface area contributed by atoms with E-state index in [0.29, 0.717) is 11.5 Å². The van der Waals surface area contributed by atoms with Crippen molar-refractivity contribution in [2.75, 3.05) is 0 Å². The van der Waals surface area contributed by atoms with Gasteiger partial charge >= 0.3 is 0 Å². The standard InChI is InChI=1S/C21H17N3O3/c25-21(24-23-14-15-7-6-12-22-13-15)20-19(16-8-2-1-3-9-16)26-17-10-4-5-11-18(17)27-20/h1-14,19-20H,(H,24,25)/b23-14-/t19-,20-/m0/s1. The monoisotopic (exact) mass is 359 g/mol. The second-order valence-corrected chi connectivity index (χ2v) is 5.95. The summed E-state index contributed by atoms with van der Waals surface area (Å²) in [6.07, 6.45) is 3.41. The normalized spacial score (nSPS) is 18.2. The Morgan fingerprint density at radius 2 is 1.70 bits per heavy atom. The molecule has 4 rings (SSSR count). The van der Waals surface area contributed by atoms with Crippen LogP contribution in [-0.4, -0.2) is 23.2 Å². The third-order valence-electron chi connectivity index (χ3n) is 4.09. The first kappa shape index (κ1) is 16.8. The van der Waals surface area contributed by atoms with Crippen LogP contribution in [-0.2, 0) is 4.79 Å². The fraction of sp³-hybridized carbons (Fsp3) is 0.0952. The zero-order valence-corrected chi connectivity index (χ0v) is 14.4. The number of para-hydroxylation sites is 2. The van der Waals surface area contributed by atoms with Crippen LogP contribution in [0.3, 0.4) is 0 Å². The molecule has 2 atom stereocenters. The number of hydrazone groups is 1. The highest BCUT2D eigenvalue weighted by Gasteiger charge is 2.38. The molecule has 6 nitrogen and oxygen atoms in total. The lowest BCUT2D eigenvalue weighted by Crippen LogP contribution is -2.44. The molecule has 0 aliphatic carbocycles. The van der Waals surface area contributed by atoms with Gasteiger partial charge in [0.05, 0.1) is 6.21 Å². The van der Waals surface area contributed by atoms with Gasteiger partial charge in [0.25, 0.3) is 5.91 Å². The summed E-state index contributed by atoms with van der Waals surface area (Å²) in [6.45, 7) is 0. The number of amides is 1. The minimum Gasteiger partial charge on any atom is -0.477 e. The number of carbonyl (C=O) groups excluding carboxylic acids is 1. The van der Waals surface area contributed by atoms with Crippen LogP contribution in [0.4, 0.5) is 0 Å². The average Bonchev–Trinajstić information content (AvgIpc) is 2.74. The number of pyridine rings is 1. The second-order valence-electron chi connectivity index (χ2n) is 5.95. The predicted octanol–water partition coefficient (Wildman–Crippen LogP) is 3.11. The fourth-order valence-corrected chi connectivity index (χ4v) is 2.81. The van der Waals surface area contributed by atoms with Gasteiger partial charge in [-0.2, -0.15) is 5.10 Å². The molecule has 27 heavy (non-hydrogen) atoms. The molecule has 3 aromatic rings. The lowest BCUT2D eigenvalue weighted by Gasteiger charge is -2.32. The van der Waals surface area contributed by atoms with E-state index in [1.54, 1.807) is 24.5 Å². The topological polar surface area (TPSA) is 72.8 Å². The summed E-state index contributed by atoms with van der Waals surface area (Å²) >= 11 is 0. The molecule has 6 heteroatoms. The van der Waals surface area contributed by atoms with E-state index in [-0.39, 0.29) is 0 Å². The maximum Gasteiger partial charge on any atom is 0.285 e. The van der Waals surface area contributed by atoms with Crippen molar-refractivity contribution in [1.82, 2.24) is 10.4 Å². The van der Waals surface area contributed by atoms with Gasteiger partial charge in [0.1, 0.15) is 0 Å². The van der Waals surface area contributed by atoms with Crippen molar-refractivity contribution in [3.8, 4) is 11.5 Å². The highest BCUT2D eigenvalue weighted by atomic mass is 16.6. The number of hydrogen-bond donors (Lipinski definition) is 1. The highest BCUT2D eigenvalue weighted by molar-refractivity contribution is 5.85. The van der Waals surface area contributed by atoms with Gasteiger partial charge < -0.3 is 9.47 Å². The Labute approximate surface area is 156 Å². The second kappa shape index (κ2) is 7.70. The average molecular weight is 359 g/mol. The van der Waals surface area contributed by atoms with E-state index in [1.165, 1.54) is 6.21 Å². The van der Waals surface area contributed by atoms with Crippen LogP contribution in [0.5, 0.6) is 11.5 Å². The van der Waals surface area contributed by atoms with Crippen LogP contribution in [0.1, 0.15) is 17.2 Å². The zero-order valence-electron chi connectivity index (χ0n) is 14.4. The van der Waals surface area contributed by atoms with E-state index >= 15 is 0 Å². The van der Waals surface area contributed by atoms with E-state index < -0.39 is 18.1 Å².